The van der Waals surface area contributed by atoms with Crippen molar-refractivity contribution in [3.05, 3.63) is 11.4 Å². The molecule has 4 nitrogen and oxygen atoms in total. The van der Waals surface area contributed by atoms with Crippen molar-refractivity contribution in [1.29, 1.82) is 0 Å². The minimum atomic E-state index is -0.0255. The first-order valence-electron chi connectivity index (χ1n) is 4.22. The van der Waals surface area contributed by atoms with Crippen molar-refractivity contribution in [2.24, 2.45) is 0 Å². The van der Waals surface area contributed by atoms with Gasteiger partial charge in [0.15, 0.2) is 0 Å². The van der Waals surface area contributed by atoms with Gasteiger partial charge >= 0.3 is 0 Å². The SMILES string of the molecule is CCC(C)n1nnc(CO)c1C. The average Bonchev–Trinajstić information content (AvgIpc) is 2.45. The molecule has 1 N–H and O–H groups in total. The van der Waals surface area contributed by atoms with Gasteiger partial charge in [-0.2, -0.15) is 0 Å². The van der Waals surface area contributed by atoms with Crippen LogP contribution in [0.25, 0.3) is 0 Å². The molecule has 12 heavy (non-hydrogen) atoms. The second-order valence-corrected chi connectivity index (χ2v) is 2.98. The molecule has 1 aromatic rings. The summed E-state index contributed by atoms with van der Waals surface area (Å²) in [6.07, 6.45) is 1.02. The summed E-state index contributed by atoms with van der Waals surface area (Å²) < 4.78 is 1.85. The Morgan fingerprint density at radius 2 is 2.25 bits per heavy atom. The predicted octanol–water partition coefficient (Wildman–Crippen LogP) is 1.05. The molecule has 0 amide bonds. The van der Waals surface area contributed by atoms with Crippen LogP contribution >= 0.6 is 0 Å². The number of aliphatic hydroxyl groups excluding tert-OH is 1. The largest absolute Gasteiger partial charge is 0.390 e. The molecular formula is C8H15N3O. The van der Waals surface area contributed by atoms with Gasteiger partial charge in [-0.1, -0.05) is 12.1 Å². The predicted molar refractivity (Wildman–Crippen MR) is 45.7 cm³/mol. The van der Waals surface area contributed by atoms with Crippen LogP contribution in [0.5, 0.6) is 0 Å². The Morgan fingerprint density at radius 1 is 1.58 bits per heavy atom. The first-order chi connectivity index (χ1) is 5.70. The van der Waals surface area contributed by atoms with Crippen molar-refractivity contribution in [2.75, 3.05) is 0 Å². The summed E-state index contributed by atoms with van der Waals surface area (Å²) in [6, 6.07) is 0.359. The van der Waals surface area contributed by atoms with Crippen LogP contribution < -0.4 is 0 Å². The number of rotatable bonds is 3. The molecule has 1 heterocycles. The van der Waals surface area contributed by atoms with E-state index < -0.39 is 0 Å². The molecular weight excluding hydrogens is 154 g/mol. The van der Waals surface area contributed by atoms with Gasteiger partial charge in [0, 0.05) is 0 Å². The Hall–Kier alpha value is -0.900. The summed E-state index contributed by atoms with van der Waals surface area (Å²) in [5.41, 5.74) is 1.64. The van der Waals surface area contributed by atoms with Crippen molar-refractivity contribution in [2.45, 2.75) is 39.8 Å². The van der Waals surface area contributed by atoms with Gasteiger partial charge in [0.1, 0.15) is 5.69 Å². The number of hydrogen-bond acceptors (Lipinski definition) is 3. The molecule has 0 spiro atoms. The zero-order valence-corrected chi connectivity index (χ0v) is 7.78. The lowest BCUT2D eigenvalue weighted by Crippen LogP contribution is -2.07. The highest BCUT2D eigenvalue weighted by atomic mass is 16.3. The third-order valence-electron chi connectivity index (χ3n) is 2.18. The minimum absolute atomic E-state index is 0.0255. The van der Waals surface area contributed by atoms with E-state index in [1.165, 1.54) is 0 Å². The summed E-state index contributed by atoms with van der Waals surface area (Å²) in [7, 11) is 0. The van der Waals surface area contributed by atoms with Crippen molar-refractivity contribution in [1.82, 2.24) is 15.0 Å². The number of aromatic nitrogens is 3. The van der Waals surface area contributed by atoms with E-state index in [4.69, 9.17) is 5.11 Å². The van der Waals surface area contributed by atoms with Gasteiger partial charge in [0.25, 0.3) is 0 Å². The van der Waals surface area contributed by atoms with Gasteiger partial charge in [-0.05, 0) is 20.3 Å². The third-order valence-corrected chi connectivity index (χ3v) is 2.18. The second-order valence-electron chi connectivity index (χ2n) is 2.98. The lowest BCUT2D eigenvalue weighted by Gasteiger charge is -2.09. The molecule has 0 aliphatic carbocycles. The molecule has 0 saturated heterocycles. The Morgan fingerprint density at radius 3 is 2.67 bits per heavy atom. The quantitative estimate of drug-likeness (QED) is 0.735. The summed E-state index contributed by atoms with van der Waals surface area (Å²) in [5.74, 6) is 0. The summed E-state index contributed by atoms with van der Waals surface area (Å²) in [4.78, 5) is 0. The van der Waals surface area contributed by atoms with Gasteiger partial charge in [0.05, 0.1) is 18.3 Å². The zero-order valence-electron chi connectivity index (χ0n) is 7.78. The standard InChI is InChI=1S/C8H15N3O/c1-4-6(2)11-7(3)8(5-12)9-10-11/h6,12H,4-5H2,1-3H3. The molecule has 1 unspecified atom stereocenters. The third kappa shape index (κ3) is 1.48. The van der Waals surface area contributed by atoms with Gasteiger partial charge in [0.2, 0.25) is 0 Å². The summed E-state index contributed by atoms with van der Waals surface area (Å²) in [5, 5.41) is 16.7. The fourth-order valence-corrected chi connectivity index (χ4v) is 1.11. The Bertz CT molecular complexity index is 257. The van der Waals surface area contributed by atoms with Gasteiger partial charge in [-0.25, -0.2) is 4.68 Å². The molecule has 1 rings (SSSR count). The Labute approximate surface area is 72.2 Å². The molecule has 1 atom stereocenters. The Kier molecular flexibility index (Phi) is 2.81. The molecule has 1 aromatic heterocycles. The van der Waals surface area contributed by atoms with Crippen molar-refractivity contribution in [3.63, 3.8) is 0 Å². The van der Waals surface area contributed by atoms with E-state index in [9.17, 15) is 0 Å². The van der Waals surface area contributed by atoms with E-state index >= 15 is 0 Å². The molecule has 68 valence electrons. The summed E-state index contributed by atoms with van der Waals surface area (Å²) in [6.45, 7) is 6.09. The van der Waals surface area contributed by atoms with Gasteiger partial charge in [-0.3, -0.25) is 0 Å². The van der Waals surface area contributed by atoms with Crippen LogP contribution in [0.3, 0.4) is 0 Å². The first-order valence-corrected chi connectivity index (χ1v) is 4.22. The maximum Gasteiger partial charge on any atom is 0.111 e. The van der Waals surface area contributed by atoms with Crippen LogP contribution in [0.15, 0.2) is 0 Å². The highest BCUT2D eigenvalue weighted by Crippen LogP contribution is 2.13. The molecule has 0 aromatic carbocycles. The van der Waals surface area contributed by atoms with Crippen molar-refractivity contribution < 1.29 is 5.11 Å². The second kappa shape index (κ2) is 3.67. The van der Waals surface area contributed by atoms with E-state index in [1.807, 2.05) is 11.6 Å². The number of hydrogen-bond donors (Lipinski definition) is 1. The normalized spacial score (nSPS) is 13.3. The van der Waals surface area contributed by atoms with Gasteiger partial charge < -0.3 is 5.11 Å². The minimum Gasteiger partial charge on any atom is -0.390 e. The Balaban J connectivity index is 2.93. The van der Waals surface area contributed by atoms with Crippen LogP contribution in [0.1, 0.15) is 37.7 Å². The fourth-order valence-electron chi connectivity index (χ4n) is 1.11. The van der Waals surface area contributed by atoms with E-state index in [-0.39, 0.29) is 6.61 Å². The average molecular weight is 169 g/mol. The van der Waals surface area contributed by atoms with E-state index in [0.717, 1.165) is 12.1 Å². The maximum absolute atomic E-state index is 8.87. The van der Waals surface area contributed by atoms with Crippen molar-refractivity contribution >= 4 is 0 Å². The number of aliphatic hydroxyl groups is 1. The van der Waals surface area contributed by atoms with Crippen LogP contribution in [0.2, 0.25) is 0 Å². The molecule has 0 fully saturated rings. The van der Waals surface area contributed by atoms with E-state index in [0.29, 0.717) is 11.7 Å². The monoisotopic (exact) mass is 169 g/mol. The fraction of sp³-hybridized carbons (Fsp3) is 0.750. The smallest absolute Gasteiger partial charge is 0.111 e. The van der Waals surface area contributed by atoms with E-state index in [1.54, 1.807) is 0 Å². The lowest BCUT2D eigenvalue weighted by atomic mass is 10.2. The topological polar surface area (TPSA) is 50.9 Å². The molecule has 0 radical (unpaired) electrons. The van der Waals surface area contributed by atoms with Crippen LogP contribution in [-0.2, 0) is 6.61 Å². The zero-order chi connectivity index (χ0) is 9.14. The molecule has 0 aliphatic heterocycles. The molecule has 0 aliphatic rings. The molecule has 0 saturated carbocycles. The maximum atomic E-state index is 8.87. The van der Waals surface area contributed by atoms with Crippen molar-refractivity contribution in [3.8, 4) is 0 Å². The number of nitrogens with zero attached hydrogens (tertiary/aromatic N) is 3. The lowest BCUT2D eigenvalue weighted by molar-refractivity contribution is 0.275. The van der Waals surface area contributed by atoms with Crippen LogP contribution in [-0.4, -0.2) is 20.1 Å². The molecule has 4 heteroatoms. The summed E-state index contributed by atoms with van der Waals surface area (Å²) >= 11 is 0. The molecule has 0 bridgehead atoms. The van der Waals surface area contributed by atoms with Gasteiger partial charge in [-0.15, -0.1) is 5.10 Å². The van der Waals surface area contributed by atoms with E-state index in [2.05, 4.69) is 24.2 Å². The highest BCUT2D eigenvalue weighted by molar-refractivity contribution is 5.06. The highest BCUT2D eigenvalue weighted by Gasteiger charge is 2.10. The first kappa shape index (κ1) is 9.19. The van der Waals surface area contributed by atoms with Crippen LogP contribution in [0.4, 0.5) is 0 Å². The van der Waals surface area contributed by atoms with Crippen LogP contribution in [0, 0.1) is 6.92 Å².